The average molecular weight is 273 g/mol. The molecule has 1 aliphatic rings. The van der Waals surface area contributed by atoms with Crippen molar-refractivity contribution in [2.24, 2.45) is 5.73 Å². The lowest BCUT2D eigenvalue weighted by Gasteiger charge is -2.29. The molecular weight excluding hydrogens is 255 g/mol. The maximum atomic E-state index is 13.9. The predicted octanol–water partition coefficient (Wildman–Crippen LogP) is 2.20. The molecule has 1 heterocycles. The molecule has 1 aromatic rings. The Morgan fingerprint density at radius 3 is 2.94 bits per heavy atom. The number of halogens is 2. The molecule has 0 amide bonds. The second-order valence-corrected chi connectivity index (χ2v) is 4.86. The molecule has 0 radical (unpaired) electrons. The monoisotopic (exact) mass is 272 g/mol. The van der Waals surface area contributed by atoms with E-state index >= 15 is 0 Å². The quantitative estimate of drug-likeness (QED) is 0.917. The summed E-state index contributed by atoms with van der Waals surface area (Å²) in [6.07, 6.45) is 0.950. The van der Waals surface area contributed by atoms with Gasteiger partial charge in [0.15, 0.2) is 0 Å². The molecule has 1 atom stereocenters. The first kappa shape index (κ1) is 13.7. The lowest BCUT2D eigenvalue weighted by molar-refractivity contribution is 0.132. The topological polar surface area (TPSA) is 38.5 Å². The summed E-state index contributed by atoms with van der Waals surface area (Å²) >= 11 is 5.77. The second-order valence-electron chi connectivity index (χ2n) is 4.42. The smallest absolute Gasteiger partial charge is 0.129 e. The number of benzene rings is 1. The number of ether oxygens (including phenoxy) is 1. The molecule has 0 spiro atoms. The van der Waals surface area contributed by atoms with Gasteiger partial charge in [-0.15, -0.1) is 0 Å². The average Bonchev–Trinajstić information content (AvgIpc) is 2.62. The second kappa shape index (κ2) is 6.48. The van der Waals surface area contributed by atoms with Crippen LogP contribution in [-0.4, -0.2) is 37.7 Å². The number of nitrogens with two attached hydrogens (primary N) is 1. The van der Waals surface area contributed by atoms with Crippen LogP contribution in [0.25, 0.3) is 0 Å². The Hall–Kier alpha value is -0.680. The largest absolute Gasteiger partial charge is 0.380 e. The minimum atomic E-state index is -0.289. The lowest BCUT2D eigenvalue weighted by atomic mass is 10.0. The SMILES string of the molecule is NCC(c1ccc(Cl)cc1F)N1CCCOCC1. The van der Waals surface area contributed by atoms with Crippen LogP contribution in [0.4, 0.5) is 4.39 Å². The van der Waals surface area contributed by atoms with E-state index < -0.39 is 0 Å². The molecule has 100 valence electrons. The highest BCUT2D eigenvalue weighted by atomic mass is 35.5. The van der Waals surface area contributed by atoms with Gasteiger partial charge in [0.1, 0.15) is 5.82 Å². The molecule has 0 saturated carbocycles. The molecule has 0 aliphatic carbocycles. The lowest BCUT2D eigenvalue weighted by Crippen LogP contribution is -2.36. The van der Waals surface area contributed by atoms with Crippen LogP contribution >= 0.6 is 11.6 Å². The molecule has 2 N–H and O–H groups in total. The fourth-order valence-electron chi connectivity index (χ4n) is 2.32. The van der Waals surface area contributed by atoms with Crippen molar-refractivity contribution in [1.29, 1.82) is 0 Å². The van der Waals surface area contributed by atoms with Crippen LogP contribution in [0.15, 0.2) is 18.2 Å². The van der Waals surface area contributed by atoms with Gasteiger partial charge in [-0.2, -0.15) is 0 Å². The van der Waals surface area contributed by atoms with E-state index in [1.807, 2.05) is 0 Å². The van der Waals surface area contributed by atoms with Crippen LogP contribution < -0.4 is 5.73 Å². The predicted molar refractivity (Wildman–Crippen MR) is 70.2 cm³/mol. The van der Waals surface area contributed by atoms with Crippen LogP contribution in [0, 0.1) is 5.82 Å². The van der Waals surface area contributed by atoms with Crippen molar-refractivity contribution in [2.75, 3.05) is 32.8 Å². The van der Waals surface area contributed by atoms with Crippen molar-refractivity contribution in [3.05, 3.63) is 34.6 Å². The highest BCUT2D eigenvalue weighted by Crippen LogP contribution is 2.25. The van der Waals surface area contributed by atoms with E-state index in [0.717, 1.165) is 26.1 Å². The minimum absolute atomic E-state index is 0.107. The van der Waals surface area contributed by atoms with Crippen molar-refractivity contribution in [2.45, 2.75) is 12.5 Å². The van der Waals surface area contributed by atoms with Gasteiger partial charge in [-0.05, 0) is 18.6 Å². The van der Waals surface area contributed by atoms with E-state index in [2.05, 4.69) is 4.90 Å². The fraction of sp³-hybridized carbons (Fsp3) is 0.538. The highest BCUT2D eigenvalue weighted by molar-refractivity contribution is 6.30. The Kier molecular flexibility index (Phi) is 4.95. The Morgan fingerprint density at radius 1 is 1.39 bits per heavy atom. The van der Waals surface area contributed by atoms with E-state index in [0.29, 0.717) is 23.7 Å². The van der Waals surface area contributed by atoms with E-state index in [9.17, 15) is 4.39 Å². The van der Waals surface area contributed by atoms with E-state index in [1.54, 1.807) is 12.1 Å². The number of hydrogen-bond acceptors (Lipinski definition) is 3. The maximum absolute atomic E-state index is 13.9. The van der Waals surface area contributed by atoms with Gasteiger partial charge in [-0.3, -0.25) is 4.90 Å². The van der Waals surface area contributed by atoms with Gasteiger partial charge in [-0.1, -0.05) is 17.7 Å². The number of nitrogens with zero attached hydrogens (tertiary/aromatic N) is 1. The van der Waals surface area contributed by atoms with Gasteiger partial charge in [0.25, 0.3) is 0 Å². The molecule has 0 aromatic heterocycles. The van der Waals surface area contributed by atoms with Crippen molar-refractivity contribution < 1.29 is 9.13 Å². The Bertz CT molecular complexity index is 395. The van der Waals surface area contributed by atoms with Gasteiger partial charge in [0.05, 0.1) is 6.61 Å². The van der Waals surface area contributed by atoms with Crippen LogP contribution in [0.2, 0.25) is 5.02 Å². The van der Waals surface area contributed by atoms with E-state index in [-0.39, 0.29) is 11.9 Å². The molecule has 1 unspecified atom stereocenters. The van der Waals surface area contributed by atoms with Gasteiger partial charge < -0.3 is 10.5 Å². The Labute approximate surface area is 112 Å². The van der Waals surface area contributed by atoms with Gasteiger partial charge in [-0.25, -0.2) is 4.39 Å². The fourth-order valence-corrected chi connectivity index (χ4v) is 2.48. The van der Waals surface area contributed by atoms with E-state index in [1.165, 1.54) is 6.07 Å². The molecule has 5 heteroatoms. The summed E-state index contributed by atoms with van der Waals surface area (Å²) < 4.78 is 19.4. The summed E-state index contributed by atoms with van der Waals surface area (Å²) in [7, 11) is 0. The van der Waals surface area contributed by atoms with E-state index in [4.69, 9.17) is 22.1 Å². The third-order valence-electron chi connectivity index (χ3n) is 3.24. The Morgan fingerprint density at radius 2 is 2.22 bits per heavy atom. The minimum Gasteiger partial charge on any atom is -0.380 e. The number of rotatable bonds is 3. The zero-order valence-corrected chi connectivity index (χ0v) is 11.0. The summed E-state index contributed by atoms with van der Waals surface area (Å²) in [5.74, 6) is -0.289. The first-order valence-electron chi connectivity index (χ1n) is 6.19. The van der Waals surface area contributed by atoms with Gasteiger partial charge in [0, 0.05) is 42.9 Å². The maximum Gasteiger partial charge on any atom is 0.129 e. The van der Waals surface area contributed by atoms with Crippen LogP contribution in [0.1, 0.15) is 18.0 Å². The molecule has 1 saturated heterocycles. The van der Waals surface area contributed by atoms with Crippen LogP contribution in [0.3, 0.4) is 0 Å². The first-order valence-corrected chi connectivity index (χ1v) is 6.57. The van der Waals surface area contributed by atoms with Gasteiger partial charge >= 0.3 is 0 Å². The highest BCUT2D eigenvalue weighted by Gasteiger charge is 2.22. The third kappa shape index (κ3) is 3.20. The molecule has 18 heavy (non-hydrogen) atoms. The zero-order valence-electron chi connectivity index (χ0n) is 10.2. The molecule has 3 nitrogen and oxygen atoms in total. The van der Waals surface area contributed by atoms with Crippen molar-refractivity contribution in [3.63, 3.8) is 0 Å². The normalized spacial score (nSPS) is 19.5. The summed E-state index contributed by atoms with van der Waals surface area (Å²) in [5.41, 5.74) is 6.43. The summed E-state index contributed by atoms with van der Waals surface area (Å²) in [5, 5.41) is 0.409. The zero-order chi connectivity index (χ0) is 13.0. The molecular formula is C13H18ClFN2O. The molecule has 0 bridgehead atoms. The number of hydrogen-bond donors (Lipinski definition) is 1. The molecule has 2 rings (SSSR count). The summed E-state index contributed by atoms with van der Waals surface area (Å²) in [6, 6.07) is 4.66. The van der Waals surface area contributed by atoms with Gasteiger partial charge in [0.2, 0.25) is 0 Å². The Balaban J connectivity index is 2.20. The van der Waals surface area contributed by atoms with Crippen LogP contribution in [-0.2, 0) is 4.74 Å². The van der Waals surface area contributed by atoms with Crippen LogP contribution in [0.5, 0.6) is 0 Å². The first-order chi connectivity index (χ1) is 8.72. The third-order valence-corrected chi connectivity index (χ3v) is 3.48. The summed E-state index contributed by atoms with van der Waals surface area (Å²) in [4.78, 5) is 2.18. The standard InChI is InChI=1S/C13H18ClFN2O/c14-10-2-3-11(12(15)8-10)13(9-16)17-4-1-6-18-7-5-17/h2-3,8,13H,1,4-7,9,16H2. The molecule has 1 aliphatic heterocycles. The molecule has 1 aromatic carbocycles. The van der Waals surface area contributed by atoms with Crippen molar-refractivity contribution in [3.8, 4) is 0 Å². The molecule has 1 fully saturated rings. The summed E-state index contributed by atoms with van der Waals surface area (Å²) in [6.45, 7) is 3.48. The van der Waals surface area contributed by atoms with Crippen molar-refractivity contribution in [1.82, 2.24) is 4.90 Å². The van der Waals surface area contributed by atoms with Crippen molar-refractivity contribution >= 4 is 11.6 Å².